The standard InChI is InChI=1S/C12H26N2/c1-4-10(5-2)8-14-12(3,9-13)11-6-7-11/h10-11,14H,4-9,13H2,1-3H3. The third-order valence-corrected chi connectivity index (χ3v) is 3.85. The molecule has 1 atom stereocenters. The van der Waals surface area contributed by atoms with Crippen LogP contribution in [0.1, 0.15) is 46.5 Å². The van der Waals surface area contributed by atoms with Crippen LogP contribution >= 0.6 is 0 Å². The maximum atomic E-state index is 5.85. The molecule has 0 aromatic heterocycles. The van der Waals surface area contributed by atoms with Crippen molar-refractivity contribution >= 4 is 0 Å². The van der Waals surface area contributed by atoms with Gasteiger partial charge in [0.2, 0.25) is 0 Å². The van der Waals surface area contributed by atoms with Gasteiger partial charge in [-0.15, -0.1) is 0 Å². The summed E-state index contributed by atoms with van der Waals surface area (Å²) in [6, 6.07) is 0. The van der Waals surface area contributed by atoms with E-state index in [0.717, 1.165) is 24.9 Å². The molecule has 0 heterocycles. The van der Waals surface area contributed by atoms with Gasteiger partial charge in [0.05, 0.1) is 0 Å². The van der Waals surface area contributed by atoms with Gasteiger partial charge < -0.3 is 11.1 Å². The van der Waals surface area contributed by atoms with Crippen molar-refractivity contribution in [1.29, 1.82) is 0 Å². The molecule has 2 nitrogen and oxygen atoms in total. The average molecular weight is 198 g/mol. The van der Waals surface area contributed by atoms with Gasteiger partial charge in [-0.3, -0.25) is 0 Å². The molecule has 14 heavy (non-hydrogen) atoms. The second-order valence-electron chi connectivity index (χ2n) is 4.96. The Balaban J connectivity index is 2.32. The Morgan fingerprint density at radius 2 is 1.93 bits per heavy atom. The summed E-state index contributed by atoms with van der Waals surface area (Å²) in [5.74, 6) is 1.65. The molecule has 0 bridgehead atoms. The van der Waals surface area contributed by atoms with Crippen molar-refractivity contribution in [2.45, 2.75) is 52.0 Å². The average Bonchev–Trinajstić information content (AvgIpc) is 3.02. The monoisotopic (exact) mass is 198 g/mol. The van der Waals surface area contributed by atoms with Gasteiger partial charge in [0.25, 0.3) is 0 Å². The van der Waals surface area contributed by atoms with Crippen molar-refractivity contribution < 1.29 is 0 Å². The van der Waals surface area contributed by atoms with E-state index in [1.54, 1.807) is 0 Å². The van der Waals surface area contributed by atoms with E-state index in [0.29, 0.717) is 0 Å². The van der Waals surface area contributed by atoms with Gasteiger partial charge in [0, 0.05) is 12.1 Å². The summed E-state index contributed by atoms with van der Waals surface area (Å²) >= 11 is 0. The van der Waals surface area contributed by atoms with Gasteiger partial charge in [-0.2, -0.15) is 0 Å². The van der Waals surface area contributed by atoms with Crippen molar-refractivity contribution in [3.8, 4) is 0 Å². The van der Waals surface area contributed by atoms with Gasteiger partial charge >= 0.3 is 0 Å². The van der Waals surface area contributed by atoms with Crippen LogP contribution < -0.4 is 11.1 Å². The number of nitrogens with one attached hydrogen (secondary N) is 1. The third kappa shape index (κ3) is 2.96. The summed E-state index contributed by atoms with van der Waals surface area (Å²) in [7, 11) is 0. The molecule has 0 radical (unpaired) electrons. The van der Waals surface area contributed by atoms with Crippen molar-refractivity contribution in [3.63, 3.8) is 0 Å². The zero-order valence-electron chi connectivity index (χ0n) is 9.97. The summed E-state index contributed by atoms with van der Waals surface area (Å²) in [4.78, 5) is 0. The van der Waals surface area contributed by atoms with E-state index in [4.69, 9.17) is 5.73 Å². The molecule has 1 aliphatic rings. The van der Waals surface area contributed by atoms with Crippen molar-refractivity contribution in [2.24, 2.45) is 17.6 Å². The van der Waals surface area contributed by atoms with Crippen LogP contribution in [-0.2, 0) is 0 Å². The molecule has 2 heteroatoms. The summed E-state index contributed by atoms with van der Waals surface area (Å²) in [6.45, 7) is 8.74. The molecule has 0 aromatic rings. The lowest BCUT2D eigenvalue weighted by Crippen LogP contribution is -2.52. The molecule has 1 unspecified atom stereocenters. The summed E-state index contributed by atoms with van der Waals surface area (Å²) in [5.41, 5.74) is 6.07. The van der Waals surface area contributed by atoms with Gasteiger partial charge in [-0.1, -0.05) is 26.7 Å². The molecule has 0 amide bonds. The molecule has 1 rings (SSSR count). The maximum Gasteiger partial charge on any atom is 0.0304 e. The predicted octanol–water partition coefficient (Wildman–Crippen LogP) is 2.14. The van der Waals surface area contributed by atoms with E-state index in [9.17, 15) is 0 Å². The largest absolute Gasteiger partial charge is 0.329 e. The van der Waals surface area contributed by atoms with Gasteiger partial charge in [-0.25, -0.2) is 0 Å². The Morgan fingerprint density at radius 1 is 1.36 bits per heavy atom. The fraction of sp³-hybridized carbons (Fsp3) is 1.00. The van der Waals surface area contributed by atoms with Crippen LogP contribution in [-0.4, -0.2) is 18.6 Å². The fourth-order valence-corrected chi connectivity index (χ4v) is 2.06. The molecule has 0 spiro atoms. The molecule has 1 aliphatic carbocycles. The van der Waals surface area contributed by atoms with Crippen LogP contribution in [0.5, 0.6) is 0 Å². The first-order valence-corrected chi connectivity index (χ1v) is 6.11. The molecule has 84 valence electrons. The third-order valence-electron chi connectivity index (χ3n) is 3.85. The molecule has 0 saturated heterocycles. The van der Waals surface area contributed by atoms with Crippen molar-refractivity contribution in [1.82, 2.24) is 5.32 Å². The first-order chi connectivity index (χ1) is 6.66. The quantitative estimate of drug-likeness (QED) is 0.658. The Labute approximate surface area is 88.6 Å². The van der Waals surface area contributed by atoms with Crippen LogP contribution in [0, 0.1) is 11.8 Å². The number of hydrogen-bond acceptors (Lipinski definition) is 2. The first kappa shape index (κ1) is 12.0. The zero-order valence-corrected chi connectivity index (χ0v) is 9.97. The van der Waals surface area contributed by atoms with E-state index in [1.165, 1.54) is 25.7 Å². The van der Waals surface area contributed by atoms with Crippen LogP contribution in [0.15, 0.2) is 0 Å². The fourth-order valence-electron chi connectivity index (χ4n) is 2.06. The molecule has 3 N–H and O–H groups in total. The Hall–Kier alpha value is -0.0800. The Kier molecular flexibility index (Phi) is 4.39. The topological polar surface area (TPSA) is 38.0 Å². The summed E-state index contributed by atoms with van der Waals surface area (Å²) in [6.07, 6.45) is 5.27. The minimum atomic E-state index is 0.211. The Morgan fingerprint density at radius 3 is 2.29 bits per heavy atom. The van der Waals surface area contributed by atoms with E-state index in [1.807, 2.05) is 0 Å². The predicted molar refractivity (Wildman–Crippen MR) is 62.3 cm³/mol. The summed E-state index contributed by atoms with van der Waals surface area (Å²) in [5, 5.41) is 3.68. The molecule has 1 saturated carbocycles. The lowest BCUT2D eigenvalue weighted by Gasteiger charge is -2.31. The maximum absolute atomic E-state index is 5.85. The van der Waals surface area contributed by atoms with Crippen LogP contribution in [0.4, 0.5) is 0 Å². The molecule has 0 aromatic carbocycles. The van der Waals surface area contributed by atoms with E-state index in [-0.39, 0.29) is 5.54 Å². The van der Waals surface area contributed by atoms with E-state index in [2.05, 4.69) is 26.1 Å². The van der Waals surface area contributed by atoms with E-state index >= 15 is 0 Å². The number of rotatable bonds is 7. The van der Waals surface area contributed by atoms with Gasteiger partial charge in [0.15, 0.2) is 0 Å². The SMILES string of the molecule is CCC(CC)CNC(C)(CN)C1CC1. The van der Waals surface area contributed by atoms with Gasteiger partial charge in [-0.05, 0) is 38.1 Å². The van der Waals surface area contributed by atoms with Gasteiger partial charge in [0.1, 0.15) is 0 Å². The van der Waals surface area contributed by atoms with E-state index < -0.39 is 0 Å². The molecular formula is C12H26N2. The first-order valence-electron chi connectivity index (χ1n) is 6.11. The summed E-state index contributed by atoms with van der Waals surface area (Å²) < 4.78 is 0. The zero-order chi connectivity index (χ0) is 10.6. The van der Waals surface area contributed by atoms with Crippen LogP contribution in [0.3, 0.4) is 0 Å². The highest BCUT2D eigenvalue weighted by Crippen LogP contribution is 2.39. The highest BCUT2D eigenvalue weighted by Gasteiger charge is 2.40. The molecular weight excluding hydrogens is 172 g/mol. The minimum absolute atomic E-state index is 0.211. The second kappa shape index (κ2) is 5.13. The normalized spacial score (nSPS) is 21.2. The lowest BCUT2D eigenvalue weighted by molar-refractivity contribution is 0.288. The van der Waals surface area contributed by atoms with Crippen LogP contribution in [0.2, 0.25) is 0 Å². The van der Waals surface area contributed by atoms with Crippen molar-refractivity contribution in [2.75, 3.05) is 13.1 Å². The van der Waals surface area contributed by atoms with Crippen LogP contribution in [0.25, 0.3) is 0 Å². The van der Waals surface area contributed by atoms with Crippen molar-refractivity contribution in [3.05, 3.63) is 0 Å². The molecule has 0 aliphatic heterocycles. The smallest absolute Gasteiger partial charge is 0.0304 e. The number of nitrogens with two attached hydrogens (primary N) is 1. The number of hydrogen-bond donors (Lipinski definition) is 2. The minimum Gasteiger partial charge on any atom is -0.329 e. The highest BCUT2D eigenvalue weighted by molar-refractivity contribution is 4.98. The Bertz CT molecular complexity index is 162. The molecule has 1 fully saturated rings. The second-order valence-corrected chi connectivity index (χ2v) is 4.96. The highest BCUT2D eigenvalue weighted by atomic mass is 15.0. The lowest BCUT2D eigenvalue weighted by atomic mass is 9.94.